The van der Waals surface area contributed by atoms with Gasteiger partial charge in [-0.25, -0.2) is 5.43 Å². The van der Waals surface area contributed by atoms with Crippen molar-refractivity contribution in [3.8, 4) is 0 Å². The molecule has 390 valence electrons. The lowest BCUT2D eigenvalue weighted by Gasteiger charge is -2.15. The molecule has 0 spiro atoms. The number of nitrogens with one attached hydrogen (secondary N) is 2. The van der Waals surface area contributed by atoms with E-state index in [0.717, 1.165) is 5.56 Å². The molecule has 20 nitrogen and oxygen atoms in total. The van der Waals surface area contributed by atoms with Crippen molar-refractivity contribution >= 4 is 41.1 Å². The first kappa shape index (κ1) is 61.0. The van der Waals surface area contributed by atoms with E-state index in [-0.39, 0.29) is 48.3 Å². The first-order chi connectivity index (χ1) is 33.3. The molecular weight excluding hydrogens is 909 g/mol. The van der Waals surface area contributed by atoms with Crippen LogP contribution in [-0.2, 0) is 76.0 Å². The molecule has 2 N–H and O–H groups in total. The lowest BCUT2D eigenvalue weighted by atomic mass is 10.0. The quantitative estimate of drug-likeness (QED) is 0.0415. The Labute approximate surface area is 407 Å². The fraction of sp³-hybridized carbons (Fsp3) is 0.766. The molecule has 0 aromatic heterocycles. The zero-order chi connectivity index (χ0) is 49.0. The van der Waals surface area contributed by atoms with Crippen LogP contribution < -0.4 is 10.7 Å². The molecular formula is C47H80N4O16S. The third-order valence-electron chi connectivity index (χ3n) is 9.41. The van der Waals surface area contributed by atoms with E-state index in [1.807, 2.05) is 44.2 Å². The van der Waals surface area contributed by atoms with Crippen LogP contribution in [0.1, 0.15) is 57.9 Å². The second-order valence-electron chi connectivity index (χ2n) is 15.3. The molecule has 21 heteroatoms. The average Bonchev–Trinajstić information content (AvgIpc) is 3.59. The Morgan fingerprint density at radius 3 is 1.43 bits per heavy atom. The van der Waals surface area contributed by atoms with Crippen molar-refractivity contribution in [2.24, 2.45) is 5.10 Å². The van der Waals surface area contributed by atoms with Gasteiger partial charge in [-0.1, -0.05) is 44.2 Å². The zero-order valence-electron chi connectivity index (χ0n) is 40.8. The molecule has 4 amide bonds. The molecule has 0 aliphatic carbocycles. The zero-order valence-corrected chi connectivity index (χ0v) is 41.6. The summed E-state index contributed by atoms with van der Waals surface area (Å²) in [6, 6.07) is 9.49. The van der Waals surface area contributed by atoms with Crippen LogP contribution in [0.5, 0.6) is 0 Å². The number of imide groups is 1. The summed E-state index contributed by atoms with van der Waals surface area (Å²) >= 11 is 1.47. The first-order valence-corrected chi connectivity index (χ1v) is 24.8. The number of hydrazone groups is 1. The molecule has 1 saturated heterocycles. The Kier molecular flexibility index (Phi) is 39.3. The number of likely N-dealkylation sites (tertiary alicyclic amines) is 1. The van der Waals surface area contributed by atoms with Gasteiger partial charge in [-0.2, -0.15) is 5.10 Å². The van der Waals surface area contributed by atoms with E-state index in [0.29, 0.717) is 190 Å². The summed E-state index contributed by atoms with van der Waals surface area (Å²) in [7, 11) is 1.64. The highest BCUT2D eigenvalue weighted by Crippen LogP contribution is 2.28. The summed E-state index contributed by atoms with van der Waals surface area (Å²) in [6.45, 7) is 15.5. The molecule has 1 aromatic carbocycles. The number of amides is 4. The van der Waals surface area contributed by atoms with Crippen LogP contribution in [0.4, 0.5) is 0 Å². The standard InChI is InChI=1S/C47H80N4O16S/c1-40(2)68-43-39-46(54)51(47(43)55)15-13-45(53)50-49-42(41-9-5-4-6-10-41)11-7-8-12-44(52)48-14-16-57-19-20-59-23-24-61-27-28-63-31-32-65-35-36-67-38-37-66-34-33-64-30-29-62-26-25-60-22-21-58-18-17-56-3/h4-6,9-10,40,43H,7-8,11-39H2,1-3H3,(H,48,52)(H,50,53)/b49-42-. The number of unbranched alkanes of at least 4 members (excludes halogenated alkanes) is 1. The molecule has 0 radical (unpaired) electrons. The van der Waals surface area contributed by atoms with E-state index >= 15 is 0 Å². The van der Waals surface area contributed by atoms with E-state index in [4.69, 9.17) is 56.8 Å². The SMILES string of the molecule is COCCOCCOCCOCCOCCOCCOCCOCCOCCOCCOCCOCCNC(=O)CCCC/C(=N/NC(=O)CCN1C(=O)CC(SC(C)C)C1=O)c1ccccc1. The van der Waals surface area contributed by atoms with Crippen molar-refractivity contribution in [1.82, 2.24) is 15.6 Å². The maximum absolute atomic E-state index is 12.6. The monoisotopic (exact) mass is 989 g/mol. The minimum absolute atomic E-state index is 0.0236. The molecule has 2 rings (SSSR count). The molecule has 1 fully saturated rings. The van der Waals surface area contributed by atoms with Crippen LogP contribution in [-0.4, -0.2) is 217 Å². The van der Waals surface area contributed by atoms with Crippen molar-refractivity contribution in [2.75, 3.05) is 172 Å². The number of ether oxygens (including phenoxy) is 12. The minimum Gasteiger partial charge on any atom is -0.382 e. The number of rotatable bonds is 48. The van der Waals surface area contributed by atoms with Gasteiger partial charge >= 0.3 is 0 Å². The highest BCUT2D eigenvalue weighted by molar-refractivity contribution is 8.01. The van der Waals surface area contributed by atoms with Crippen LogP contribution in [0.3, 0.4) is 0 Å². The number of hydrogen-bond acceptors (Lipinski definition) is 18. The Balaban J connectivity index is 1.31. The van der Waals surface area contributed by atoms with E-state index in [2.05, 4.69) is 15.8 Å². The van der Waals surface area contributed by atoms with Gasteiger partial charge in [0, 0.05) is 39.5 Å². The van der Waals surface area contributed by atoms with Gasteiger partial charge in [0.05, 0.1) is 163 Å². The van der Waals surface area contributed by atoms with Crippen LogP contribution in [0.2, 0.25) is 0 Å². The molecule has 0 saturated carbocycles. The number of methoxy groups -OCH3 is 1. The van der Waals surface area contributed by atoms with Crippen molar-refractivity contribution in [2.45, 2.75) is 62.9 Å². The summed E-state index contributed by atoms with van der Waals surface area (Å²) in [5.74, 6) is -0.943. The lowest BCUT2D eigenvalue weighted by molar-refractivity contribution is -0.138. The van der Waals surface area contributed by atoms with Crippen molar-refractivity contribution in [1.29, 1.82) is 0 Å². The van der Waals surface area contributed by atoms with Crippen molar-refractivity contribution in [3.05, 3.63) is 35.9 Å². The lowest BCUT2D eigenvalue weighted by Crippen LogP contribution is -2.35. The molecule has 68 heavy (non-hydrogen) atoms. The highest BCUT2D eigenvalue weighted by Gasteiger charge is 2.39. The predicted octanol–water partition coefficient (Wildman–Crippen LogP) is 2.67. The summed E-state index contributed by atoms with van der Waals surface area (Å²) in [6.07, 6.45) is 2.34. The number of nitrogens with zero attached hydrogens (tertiary/aromatic N) is 2. The molecule has 1 heterocycles. The second-order valence-corrected chi connectivity index (χ2v) is 17.0. The van der Waals surface area contributed by atoms with Gasteiger partial charge in [0.2, 0.25) is 23.6 Å². The van der Waals surface area contributed by atoms with Gasteiger partial charge in [0.15, 0.2) is 0 Å². The van der Waals surface area contributed by atoms with Crippen LogP contribution in [0.15, 0.2) is 35.4 Å². The van der Waals surface area contributed by atoms with Crippen LogP contribution in [0, 0.1) is 0 Å². The van der Waals surface area contributed by atoms with Gasteiger partial charge in [-0.3, -0.25) is 24.1 Å². The van der Waals surface area contributed by atoms with Crippen LogP contribution >= 0.6 is 11.8 Å². The Bertz CT molecular complexity index is 1450. The summed E-state index contributed by atoms with van der Waals surface area (Å²) in [4.78, 5) is 51.2. The normalized spacial score (nSPS) is 14.1. The Hall–Kier alpha value is -3.16. The Morgan fingerprint density at radius 2 is 1.00 bits per heavy atom. The van der Waals surface area contributed by atoms with Crippen molar-refractivity contribution < 1.29 is 76.0 Å². The Morgan fingerprint density at radius 1 is 0.588 bits per heavy atom. The average molecular weight is 989 g/mol. The van der Waals surface area contributed by atoms with E-state index in [1.165, 1.54) is 16.7 Å². The predicted molar refractivity (Wildman–Crippen MR) is 256 cm³/mol. The fourth-order valence-electron chi connectivity index (χ4n) is 5.99. The highest BCUT2D eigenvalue weighted by atomic mass is 32.2. The fourth-order valence-corrected chi connectivity index (χ4v) is 7.13. The summed E-state index contributed by atoms with van der Waals surface area (Å²) < 4.78 is 65.1. The molecule has 1 unspecified atom stereocenters. The largest absolute Gasteiger partial charge is 0.382 e. The topological polar surface area (TPSA) is 219 Å². The van der Waals surface area contributed by atoms with Gasteiger partial charge in [-0.05, 0) is 30.1 Å². The summed E-state index contributed by atoms with van der Waals surface area (Å²) in [5.41, 5.74) is 4.12. The number of carbonyl (C=O) groups excluding carboxylic acids is 4. The third-order valence-corrected chi connectivity index (χ3v) is 10.7. The molecule has 0 bridgehead atoms. The number of hydrogen-bond donors (Lipinski definition) is 2. The second kappa shape index (κ2) is 43.8. The smallest absolute Gasteiger partial charge is 0.242 e. The van der Waals surface area contributed by atoms with Gasteiger partial charge in [0.1, 0.15) is 0 Å². The number of benzene rings is 1. The summed E-state index contributed by atoms with van der Waals surface area (Å²) in [5, 5.41) is 7.07. The number of carbonyl (C=O) groups is 4. The van der Waals surface area contributed by atoms with Gasteiger partial charge in [-0.15, -0.1) is 11.8 Å². The van der Waals surface area contributed by atoms with E-state index in [9.17, 15) is 19.2 Å². The molecule has 1 aliphatic heterocycles. The molecule has 1 aromatic rings. The molecule has 1 aliphatic rings. The molecule has 1 atom stereocenters. The minimum atomic E-state index is -0.391. The first-order valence-electron chi connectivity index (χ1n) is 23.8. The van der Waals surface area contributed by atoms with Gasteiger partial charge in [0.25, 0.3) is 0 Å². The van der Waals surface area contributed by atoms with E-state index < -0.39 is 5.25 Å². The maximum Gasteiger partial charge on any atom is 0.242 e. The maximum atomic E-state index is 12.6. The van der Waals surface area contributed by atoms with E-state index in [1.54, 1.807) is 7.11 Å². The number of thioether (sulfide) groups is 1. The van der Waals surface area contributed by atoms with Gasteiger partial charge < -0.3 is 62.2 Å². The van der Waals surface area contributed by atoms with Crippen molar-refractivity contribution in [3.63, 3.8) is 0 Å². The third kappa shape index (κ3) is 34.2. The van der Waals surface area contributed by atoms with Crippen LogP contribution in [0.25, 0.3) is 0 Å².